The van der Waals surface area contributed by atoms with E-state index in [0.29, 0.717) is 12.1 Å². The largest absolute Gasteiger partial charge is 0.416 e. The van der Waals surface area contributed by atoms with Crippen LogP contribution in [0.5, 0.6) is 0 Å². The molecule has 0 unspecified atom stereocenters. The van der Waals surface area contributed by atoms with Crippen molar-refractivity contribution in [2.24, 2.45) is 0 Å². The third-order valence-corrected chi connectivity index (χ3v) is 2.24. The highest BCUT2D eigenvalue weighted by Gasteiger charge is 2.36. The number of thiol groups is 1. The minimum Gasteiger partial charge on any atom is -0.175 e. The molecule has 1 aromatic rings. The second kappa shape index (κ2) is 5.26. The van der Waals surface area contributed by atoms with Crippen LogP contribution < -0.4 is 0 Å². The quantitative estimate of drug-likeness (QED) is 0.593. The minimum absolute atomic E-state index is 0.0953. The van der Waals surface area contributed by atoms with Gasteiger partial charge in [-0.15, -0.1) is 0 Å². The van der Waals surface area contributed by atoms with E-state index in [0.717, 1.165) is 6.08 Å². The Hall–Kier alpha value is -1.11. The molecule has 0 amide bonds. The van der Waals surface area contributed by atoms with E-state index in [1.54, 1.807) is 0 Å². The van der Waals surface area contributed by atoms with E-state index in [-0.39, 0.29) is 17.4 Å². The van der Waals surface area contributed by atoms with Gasteiger partial charge < -0.3 is 0 Å². The van der Waals surface area contributed by atoms with Gasteiger partial charge in [0, 0.05) is 5.75 Å². The molecule has 0 bridgehead atoms. The van der Waals surface area contributed by atoms with Crippen molar-refractivity contribution in [2.45, 2.75) is 12.4 Å². The standard InChI is InChI=1S/C11H8F6S/c12-10(13,14)8-4-7(2-1-3-18)5-9(6-8)11(15,16)17/h1-2,4-6,18H,3H2. The summed E-state index contributed by atoms with van der Waals surface area (Å²) in [7, 11) is 0. The first-order valence-electron chi connectivity index (χ1n) is 4.71. The monoisotopic (exact) mass is 286 g/mol. The molecule has 0 atom stereocenters. The first-order chi connectivity index (χ1) is 8.14. The van der Waals surface area contributed by atoms with Crippen molar-refractivity contribution in [1.82, 2.24) is 0 Å². The van der Waals surface area contributed by atoms with Gasteiger partial charge in [-0.1, -0.05) is 12.2 Å². The smallest absolute Gasteiger partial charge is 0.175 e. The Morgan fingerprint density at radius 3 is 1.67 bits per heavy atom. The van der Waals surface area contributed by atoms with Crippen LogP contribution >= 0.6 is 12.6 Å². The average Bonchev–Trinajstić information content (AvgIpc) is 2.23. The third-order valence-electron chi connectivity index (χ3n) is 2.03. The summed E-state index contributed by atoms with van der Waals surface area (Å²) >= 11 is 3.79. The van der Waals surface area contributed by atoms with E-state index in [9.17, 15) is 26.3 Å². The predicted octanol–water partition coefficient (Wildman–Crippen LogP) is 4.67. The second-order valence-electron chi connectivity index (χ2n) is 3.42. The van der Waals surface area contributed by atoms with Crippen molar-refractivity contribution in [3.63, 3.8) is 0 Å². The maximum Gasteiger partial charge on any atom is 0.416 e. The Kier molecular flexibility index (Phi) is 4.37. The lowest BCUT2D eigenvalue weighted by Gasteiger charge is -2.12. The number of rotatable bonds is 2. The number of hydrogen-bond acceptors (Lipinski definition) is 1. The first-order valence-corrected chi connectivity index (χ1v) is 5.34. The summed E-state index contributed by atoms with van der Waals surface area (Å²) in [5, 5.41) is 0. The molecule has 0 spiro atoms. The van der Waals surface area contributed by atoms with Crippen molar-refractivity contribution in [1.29, 1.82) is 0 Å². The van der Waals surface area contributed by atoms with E-state index in [2.05, 4.69) is 12.6 Å². The molecular weight excluding hydrogens is 278 g/mol. The van der Waals surface area contributed by atoms with E-state index in [1.165, 1.54) is 6.08 Å². The zero-order chi connectivity index (χ0) is 14.0. The van der Waals surface area contributed by atoms with Gasteiger partial charge in [0.25, 0.3) is 0 Å². The Labute approximate surface area is 105 Å². The summed E-state index contributed by atoms with van der Waals surface area (Å²) < 4.78 is 74.7. The van der Waals surface area contributed by atoms with Crippen molar-refractivity contribution in [3.8, 4) is 0 Å². The highest BCUT2D eigenvalue weighted by atomic mass is 32.1. The molecule has 0 aliphatic carbocycles. The number of hydrogen-bond donors (Lipinski definition) is 1. The number of alkyl halides is 6. The summed E-state index contributed by atoms with van der Waals surface area (Å²) in [6.07, 6.45) is -7.11. The SMILES string of the molecule is FC(F)(F)c1cc(C=CCS)cc(C(F)(F)F)c1. The van der Waals surface area contributed by atoms with E-state index < -0.39 is 23.5 Å². The van der Waals surface area contributed by atoms with E-state index in [1.807, 2.05) is 0 Å². The highest BCUT2D eigenvalue weighted by Crippen LogP contribution is 2.36. The Morgan fingerprint density at radius 2 is 1.33 bits per heavy atom. The van der Waals surface area contributed by atoms with Crippen molar-refractivity contribution in [2.75, 3.05) is 5.75 Å². The molecule has 1 aromatic carbocycles. The molecule has 0 N–H and O–H groups in total. The summed E-state index contributed by atoms with van der Waals surface area (Å²) in [4.78, 5) is 0. The van der Waals surface area contributed by atoms with Gasteiger partial charge in [-0.05, 0) is 23.8 Å². The van der Waals surface area contributed by atoms with Crippen molar-refractivity contribution >= 4 is 18.7 Å². The van der Waals surface area contributed by atoms with Crippen LogP contribution in [0.3, 0.4) is 0 Å². The predicted molar refractivity (Wildman–Crippen MR) is 59.3 cm³/mol. The molecule has 0 radical (unpaired) electrons. The lowest BCUT2D eigenvalue weighted by molar-refractivity contribution is -0.143. The van der Waals surface area contributed by atoms with E-state index >= 15 is 0 Å². The lowest BCUT2D eigenvalue weighted by atomic mass is 10.0. The molecule has 100 valence electrons. The zero-order valence-corrected chi connectivity index (χ0v) is 9.70. The van der Waals surface area contributed by atoms with Crippen LogP contribution in [-0.2, 0) is 12.4 Å². The Bertz CT molecular complexity index is 412. The molecule has 0 saturated carbocycles. The summed E-state index contributed by atoms with van der Waals surface area (Å²) in [5.41, 5.74) is -2.81. The van der Waals surface area contributed by atoms with Crippen LogP contribution in [0.15, 0.2) is 24.3 Å². The third kappa shape index (κ3) is 3.97. The molecule has 0 aromatic heterocycles. The maximum absolute atomic E-state index is 12.5. The normalized spacial score (nSPS) is 13.3. The topological polar surface area (TPSA) is 0 Å². The van der Waals surface area contributed by atoms with Crippen LogP contribution in [0.1, 0.15) is 16.7 Å². The van der Waals surface area contributed by atoms with Gasteiger partial charge in [0.2, 0.25) is 0 Å². The molecular formula is C11H8F6S. The van der Waals surface area contributed by atoms with Gasteiger partial charge in [-0.25, -0.2) is 0 Å². The fourth-order valence-corrected chi connectivity index (χ4v) is 1.37. The lowest BCUT2D eigenvalue weighted by Crippen LogP contribution is -2.11. The van der Waals surface area contributed by atoms with Crippen molar-refractivity contribution < 1.29 is 26.3 Å². The molecule has 0 heterocycles. The molecule has 0 aliphatic rings. The molecule has 0 saturated heterocycles. The van der Waals surface area contributed by atoms with Crippen LogP contribution in [0.25, 0.3) is 6.08 Å². The molecule has 0 nitrogen and oxygen atoms in total. The van der Waals surface area contributed by atoms with Gasteiger partial charge in [0.05, 0.1) is 11.1 Å². The first kappa shape index (κ1) is 14.9. The van der Waals surface area contributed by atoms with Crippen LogP contribution in [0.2, 0.25) is 0 Å². The molecule has 0 fully saturated rings. The van der Waals surface area contributed by atoms with Gasteiger partial charge in [0.15, 0.2) is 0 Å². The molecule has 7 heteroatoms. The molecule has 1 rings (SSSR count). The van der Waals surface area contributed by atoms with Gasteiger partial charge in [-0.3, -0.25) is 0 Å². The number of halogens is 6. The summed E-state index contributed by atoms with van der Waals surface area (Å²) in [5.74, 6) is 0.220. The van der Waals surface area contributed by atoms with Gasteiger partial charge >= 0.3 is 12.4 Å². The van der Waals surface area contributed by atoms with Crippen LogP contribution in [0, 0.1) is 0 Å². The molecule has 0 aliphatic heterocycles. The molecule has 18 heavy (non-hydrogen) atoms. The van der Waals surface area contributed by atoms with Crippen molar-refractivity contribution in [3.05, 3.63) is 41.0 Å². The summed E-state index contributed by atoms with van der Waals surface area (Å²) in [6, 6.07) is 1.42. The fraction of sp³-hybridized carbons (Fsp3) is 0.273. The Balaban J connectivity index is 3.34. The fourth-order valence-electron chi connectivity index (χ4n) is 1.26. The van der Waals surface area contributed by atoms with Gasteiger partial charge in [0.1, 0.15) is 0 Å². The van der Waals surface area contributed by atoms with Crippen LogP contribution in [-0.4, -0.2) is 5.75 Å². The summed E-state index contributed by atoms with van der Waals surface area (Å²) in [6.45, 7) is 0. The maximum atomic E-state index is 12.5. The van der Waals surface area contributed by atoms with E-state index in [4.69, 9.17) is 0 Å². The minimum atomic E-state index is -4.81. The van der Waals surface area contributed by atoms with Crippen LogP contribution in [0.4, 0.5) is 26.3 Å². The number of benzene rings is 1. The second-order valence-corrected chi connectivity index (χ2v) is 3.79. The average molecular weight is 286 g/mol. The highest BCUT2D eigenvalue weighted by molar-refractivity contribution is 7.80. The van der Waals surface area contributed by atoms with Gasteiger partial charge in [-0.2, -0.15) is 39.0 Å². The Morgan fingerprint density at radius 1 is 0.889 bits per heavy atom. The zero-order valence-electron chi connectivity index (χ0n) is 8.81.